The molecular weight excluding hydrogens is 749 g/mol. The Hall–Kier alpha value is -8.20. The molecule has 0 fully saturated rings. The summed E-state index contributed by atoms with van der Waals surface area (Å²) in [6.07, 6.45) is 0. The highest BCUT2D eigenvalue weighted by Gasteiger charge is 2.19. The van der Waals surface area contributed by atoms with Crippen molar-refractivity contribution in [1.82, 2.24) is 4.57 Å². The van der Waals surface area contributed by atoms with Crippen LogP contribution >= 0.6 is 0 Å². The van der Waals surface area contributed by atoms with E-state index in [4.69, 9.17) is 0 Å². The van der Waals surface area contributed by atoms with E-state index in [0.717, 1.165) is 28.2 Å². The Labute approximate surface area is 362 Å². The van der Waals surface area contributed by atoms with E-state index in [1.165, 1.54) is 72.0 Å². The van der Waals surface area contributed by atoms with Gasteiger partial charge >= 0.3 is 0 Å². The quantitative estimate of drug-likeness (QED) is 0.141. The first kappa shape index (κ1) is 36.8. The third-order valence-corrected chi connectivity index (χ3v) is 12.0. The lowest BCUT2D eigenvalue weighted by Gasteiger charge is -2.28. The lowest BCUT2D eigenvalue weighted by atomic mass is 9.97. The topological polar surface area (TPSA) is 8.17 Å². The van der Waals surface area contributed by atoms with E-state index in [-0.39, 0.29) is 0 Å². The van der Waals surface area contributed by atoms with Gasteiger partial charge in [-0.15, -0.1) is 0 Å². The molecule has 0 aliphatic rings. The molecule has 0 saturated heterocycles. The van der Waals surface area contributed by atoms with Crippen molar-refractivity contribution in [3.8, 4) is 61.3 Å². The summed E-state index contributed by atoms with van der Waals surface area (Å²) in [6, 6.07) is 92.0. The van der Waals surface area contributed by atoms with Gasteiger partial charge in [-0.1, -0.05) is 200 Å². The molecular formula is C60H42N2. The summed E-state index contributed by atoms with van der Waals surface area (Å²) in [5, 5.41) is 2.52. The van der Waals surface area contributed by atoms with Gasteiger partial charge in [0.2, 0.25) is 0 Å². The van der Waals surface area contributed by atoms with Crippen LogP contribution in [-0.4, -0.2) is 4.57 Å². The predicted octanol–water partition coefficient (Wildman–Crippen LogP) is 16.6. The lowest BCUT2D eigenvalue weighted by Crippen LogP contribution is -2.11. The van der Waals surface area contributed by atoms with Crippen LogP contribution in [-0.2, 0) is 0 Å². The molecule has 0 aliphatic carbocycles. The molecule has 11 aromatic rings. The van der Waals surface area contributed by atoms with Gasteiger partial charge in [0, 0.05) is 33.3 Å². The molecule has 0 N–H and O–H groups in total. The van der Waals surface area contributed by atoms with E-state index >= 15 is 0 Å². The molecule has 1 heterocycles. The molecule has 0 bridgehead atoms. The summed E-state index contributed by atoms with van der Waals surface area (Å²) < 4.78 is 2.41. The van der Waals surface area contributed by atoms with E-state index in [0.29, 0.717) is 0 Å². The maximum Gasteiger partial charge on any atom is 0.0541 e. The number of nitrogens with zero attached hydrogens (tertiary/aromatic N) is 2. The van der Waals surface area contributed by atoms with Gasteiger partial charge in [0.25, 0.3) is 0 Å². The van der Waals surface area contributed by atoms with Crippen LogP contribution in [0.25, 0.3) is 83.1 Å². The van der Waals surface area contributed by atoms with E-state index < -0.39 is 0 Å². The molecule has 2 heteroatoms. The third kappa shape index (κ3) is 6.84. The second-order valence-electron chi connectivity index (χ2n) is 15.7. The fraction of sp³-hybridized carbons (Fsp3) is 0. The van der Waals surface area contributed by atoms with Crippen molar-refractivity contribution >= 4 is 38.9 Å². The Morgan fingerprint density at radius 1 is 0.258 bits per heavy atom. The number of hydrogen-bond acceptors (Lipinski definition) is 1. The summed E-state index contributed by atoms with van der Waals surface area (Å²) in [5.41, 5.74) is 18.7. The van der Waals surface area contributed by atoms with Crippen LogP contribution in [0.15, 0.2) is 255 Å². The van der Waals surface area contributed by atoms with Crippen LogP contribution in [0.4, 0.5) is 17.1 Å². The molecule has 292 valence electrons. The van der Waals surface area contributed by atoms with Crippen LogP contribution < -0.4 is 4.90 Å². The second kappa shape index (κ2) is 16.1. The van der Waals surface area contributed by atoms with Crippen molar-refractivity contribution in [1.29, 1.82) is 0 Å². The first-order valence-electron chi connectivity index (χ1n) is 21.3. The maximum atomic E-state index is 2.41. The van der Waals surface area contributed by atoms with Gasteiger partial charge in [-0.05, 0) is 99.1 Å². The van der Waals surface area contributed by atoms with Crippen molar-refractivity contribution in [2.24, 2.45) is 0 Å². The molecule has 0 spiro atoms. The minimum absolute atomic E-state index is 1.09. The van der Waals surface area contributed by atoms with Gasteiger partial charge < -0.3 is 9.47 Å². The molecule has 0 saturated carbocycles. The molecule has 11 rings (SSSR count). The zero-order valence-electron chi connectivity index (χ0n) is 34.1. The summed E-state index contributed by atoms with van der Waals surface area (Å²) in [6.45, 7) is 0. The maximum absolute atomic E-state index is 2.41. The number of anilines is 3. The summed E-state index contributed by atoms with van der Waals surface area (Å²) in [5.74, 6) is 0. The Kier molecular flexibility index (Phi) is 9.57. The number of fused-ring (bicyclic) bond motifs is 3. The number of hydrogen-bond donors (Lipinski definition) is 0. The van der Waals surface area contributed by atoms with E-state index in [2.05, 4.69) is 264 Å². The summed E-state index contributed by atoms with van der Waals surface area (Å²) in [7, 11) is 0. The highest BCUT2D eigenvalue weighted by atomic mass is 15.1. The van der Waals surface area contributed by atoms with Crippen LogP contribution in [0.5, 0.6) is 0 Å². The summed E-state index contributed by atoms with van der Waals surface area (Å²) in [4.78, 5) is 2.39. The highest BCUT2D eigenvalue weighted by molar-refractivity contribution is 6.09. The fourth-order valence-corrected chi connectivity index (χ4v) is 9.01. The molecule has 0 atom stereocenters. The highest BCUT2D eigenvalue weighted by Crippen LogP contribution is 2.43. The van der Waals surface area contributed by atoms with Crippen molar-refractivity contribution < 1.29 is 0 Å². The monoisotopic (exact) mass is 790 g/mol. The summed E-state index contributed by atoms with van der Waals surface area (Å²) >= 11 is 0. The second-order valence-corrected chi connectivity index (χ2v) is 15.7. The zero-order valence-corrected chi connectivity index (χ0v) is 34.1. The number of rotatable bonds is 9. The average Bonchev–Trinajstić information content (AvgIpc) is 3.69. The van der Waals surface area contributed by atoms with Crippen molar-refractivity contribution in [2.45, 2.75) is 0 Å². The predicted molar refractivity (Wildman–Crippen MR) is 263 cm³/mol. The molecule has 0 aliphatic heterocycles. The minimum Gasteiger partial charge on any atom is -0.310 e. The molecule has 0 unspecified atom stereocenters. The molecule has 0 radical (unpaired) electrons. The van der Waals surface area contributed by atoms with Crippen molar-refractivity contribution in [2.75, 3.05) is 4.90 Å². The van der Waals surface area contributed by atoms with E-state index in [1.807, 2.05) is 0 Å². The smallest absolute Gasteiger partial charge is 0.0541 e. The van der Waals surface area contributed by atoms with E-state index in [9.17, 15) is 0 Å². The average molecular weight is 791 g/mol. The third-order valence-electron chi connectivity index (χ3n) is 12.0. The molecule has 10 aromatic carbocycles. The number of benzene rings is 10. The molecule has 1 aromatic heterocycles. The molecule has 0 amide bonds. The van der Waals surface area contributed by atoms with Crippen LogP contribution in [0.3, 0.4) is 0 Å². The van der Waals surface area contributed by atoms with Gasteiger partial charge in [0.15, 0.2) is 0 Å². The minimum atomic E-state index is 1.09. The van der Waals surface area contributed by atoms with Gasteiger partial charge in [-0.2, -0.15) is 0 Å². The fourth-order valence-electron chi connectivity index (χ4n) is 9.01. The first-order valence-corrected chi connectivity index (χ1v) is 21.3. The van der Waals surface area contributed by atoms with Gasteiger partial charge in [-0.25, -0.2) is 0 Å². The Bertz CT molecular complexity index is 3260. The molecule has 62 heavy (non-hydrogen) atoms. The Morgan fingerprint density at radius 3 is 1.26 bits per heavy atom. The first-order chi connectivity index (χ1) is 30.8. The largest absolute Gasteiger partial charge is 0.310 e. The Morgan fingerprint density at radius 2 is 0.661 bits per heavy atom. The normalized spacial score (nSPS) is 11.2. The van der Waals surface area contributed by atoms with Crippen LogP contribution in [0.1, 0.15) is 0 Å². The standard InChI is InChI=1S/C60H42N2/c1-3-16-43(17-4-1)45-30-32-48(33-31-45)53-22-7-11-26-57(53)61(51-38-34-46(35-39-51)44-18-5-2-6-19-44)52-40-36-47(37-41-52)49-20-15-21-50(42-49)54-23-8-12-27-58(54)62-59-28-13-9-24-55(59)56-25-10-14-29-60(56)62/h1-42H. The van der Waals surface area contributed by atoms with Crippen molar-refractivity contribution in [3.05, 3.63) is 255 Å². The van der Waals surface area contributed by atoms with Crippen LogP contribution in [0.2, 0.25) is 0 Å². The van der Waals surface area contributed by atoms with Gasteiger partial charge in [0.1, 0.15) is 0 Å². The Balaban J connectivity index is 0.978. The van der Waals surface area contributed by atoms with Gasteiger partial charge in [-0.3, -0.25) is 0 Å². The number of para-hydroxylation sites is 4. The lowest BCUT2D eigenvalue weighted by molar-refractivity contribution is 1.18. The number of aromatic nitrogens is 1. The van der Waals surface area contributed by atoms with E-state index in [1.54, 1.807) is 0 Å². The van der Waals surface area contributed by atoms with Crippen molar-refractivity contribution in [3.63, 3.8) is 0 Å². The van der Waals surface area contributed by atoms with Crippen LogP contribution in [0, 0.1) is 0 Å². The zero-order chi connectivity index (χ0) is 41.2. The SMILES string of the molecule is c1ccc(-c2ccc(-c3ccccc3N(c3ccc(-c4ccccc4)cc3)c3ccc(-c4cccc(-c5ccccc5-n5c6ccccc6c6ccccc65)c4)cc3)cc2)cc1. The van der Waals surface area contributed by atoms with Gasteiger partial charge in [0.05, 0.1) is 22.4 Å². The molecule has 2 nitrogen and oxygen atoms in total.